The van der Waals surface area contributed by atoms with Crippen molar-refractivity contribution < 1.29 is 4.79 Å². The molecule has 0 fully saturated rings. The van der Waals surface area contributed by atoms with E-state index in [1.165, 1.54) is 28.0 Å². The highest BCUT2D eigenvalue weighted by atomic mass is 32.1. The van der Waals surface area contributed by atoms with Crippen LogP contribution < -0.4 is 5.32 Å². The van der Waals surface area contributed by atoms with E-state index in [0.29, 0.717) is 10.7 Å². The van der Waals surface area contributed by atoms with Gasteiger partial charge in [-0.3, -0.25) is 15.0 Å². The third kappa shape index (κ3) is 5.30. The lowest BCUT2D eigenvalue weighted by Crippen LogP contribution is -2.29. The number of nitrogens with zero attached hydrogens (tertiary/aromatic N) is 4. The van der Waals surface area contributed by atoms with Gasteiger partial charge in [-0.15, -0.1) is 10.2 Å². The molecule has 1 N–H and O–H groups in total. The second kappa shape index (κ2) is 9.47. The zero-order chi connectivity index (χ0) is 20.9. The molecule has 1 aliphatic rings. The first-order valence-electron chi connectivity index (χ1n) is 10.2. The summed E-state index contributed by atoms with van der Waals surface area (Å²) in [6.45, 7) is 3.84. The first-order chi connectivity index (χ1) is 14.6. The van der Waals surface area contributed by atoms with E-state index in [0.717, 1.165) is 44.0 Å². The SMILES string of the molecule is CN(C)CCc1nnc(NC(=O)c2ccc(CN3CCc4ccccc4C3)cc2)s1. The van der Waals surface area contributed by atoms with E-state index >= 15 is 0 Å². The summed E-state index contributed by atoms with van der Waals surface area (Å²) in [5.41, 5.74) is 4.73. The topological polar surface area (TPSA) is 61.4 Å². The van der Waals surface area contributed by atoms with Gasteiger partial charge in [0, 0.05) is 38.2 Å². The number of amides is 1. The monoisotopic (exact) mass is 421 g/mol. The van der Waals surface area contributed by atoms with Crippen molar-refractivity contribution in [1.29, 1.82) is 0 Å². The van der Waals surface area contributed by atoms with Crippen LogP contribution in [0.3, 0.4) is 0 Å². The molecule has 0 aliphatic carbocycles. The smallest absolute Gasteiger partial charge is 0.257 e. The number of fused-ring (bicyclic) bond motifs is 1. The Morgan fingerprint density at radius 1 is 1.10 bits per heavy atom. The van der Waals surface area contributed by atoms with Crippen LogP contribution in [0, 0.1) is 0 Å². The Hall–Kier alpha value is -2.61. The maximum atomic E-state index is 12.5. The standard InChI is InChI=1S/C23H27N5OS/c1-27(2)13-12-21-25-26-23(30-21)24-22(29)19-9-7-17(8-10-19)15-28-14-11-18-5-3-4-6-20(18)16-28/h3-10H,11-16H2,1-2H3,(H,24,26,29). The number of hydrogen-bond donors (Lipinski definition) is 1. The van der Waals surface area contributed by atoms with Crippen LogP contribution in [0.15, 0.2) is 48.5 Å². The third-order valence-electron chi connectivity index (χ3n) is 5.29. The molecule has 0 unspecified atom stereocenters. The number of aromatic nitrogens is 2. The minimum atomic E-state index is -0.149. The summed E-state index contributed by atoms with van der Waals surface area (Å²) in [6.07, 6.45) is 1.92. The zero-order valence-electron chi connectivity index (χ0n) is 17.5. The van der Waals surface area contributed by atoms with Gasteiger partial charge in [0.25, 0.3) is 5.91 Å². The highest BCUT2D eigenvalue weighted by Crippen LogP contribution is 2.21. The van der Waals surface area contributed by atoms with Gasteiger partial charge in [-0.25, -0.2) is 0 Å². The summed E-state index contributed by atoms with van der Waals surface area (Å²) >= 11 is 1.43. The number of rotatable bonds is 7. The van der Waals surface area contributed by atoms with Gasteiger partial charge in [0.15, 0.2) is 0 Å². The second-order valence-corrected chi connectivity index (χ2v) is 9.00. The molecule has 3 aromatic rings. The highest BCUT2D eigenvalue weighted by Gasteiger charge is 2.16. The second-order valence-electron chi connectivity index (χ2n) is 7.93. The molecule has 7 heteroatoms. The molecule has 1 aliphatic heterocycles. The van der Waals surface area contributed by atoms with Crippen molar-refractivity contribution in [2.45, 2.75) is 25.9 Å². The van der Waals surface area contributed by atoms with Crippen LogP contribution in [0.2, 0.25) is 0 Å². The fraction of sp³-hybridized carbons (Fsp3) is 0.348. The van der Waals surface area contributed by atoms with Crippen molar-refractivity contribution in [1.82, 2.24) is 20.0 Å². The quantitative estimate of drug-likeness (QED) is 0.633. The summed E-state index contributed by atoms with van der Waals surface area (Å²) < 4.78 is 0. The number of likely N-dealkylation sites (N-methyl/N-ethyl adjacent to an activating group) is 1. The van der Waals surface area contributed by atoms with Gasteiger partial charge in [-0.2, -0.15) is 0 Å². The van der Waals surface area contributed by atoms with Crippen LogP contribution in [0.5, 0.6) is 0 Å². The van der Waals surface area contributed by atoms with E-state index in [4.69, 9.17) is 0 Å². The molecule has 0 bridgehead atoms. The van der Waals surface area contributed by atoms with Crippen molar-refractivity contribution in [3.63, 3.8) is 0 Å². The van der Waals surface area contributed by atoms with E-state index in [-0.39, 0.29) is 5.91 Å². The van der Waals surface area contributed by atoms with Gasteiger partial charge in [0.2, 0.25) is 5.13 Å². The summed E-state index contributed by atoms with van der Waals surface area (Å²) in [7, 11) is 4.05. The highest BCUT2D eigenvalue weighted by molar-refractivity contribution is 7.15. The molecule has 0 atom stereocenters. The molecule has 0 spiro atoms. The van der Waals surface area contributed by atoms with Crippen LogP contribution in [0.25, 0.3) is 0 Å². The molecule has 0 radical (unpaired) electrons. The molecule has 0 saturated heterocycles. The predicted octanol–water partition coefficient (Wildman–Crippen LogP) is 3.45. The minimum Gasteiger partial charge on any atom is -0.309 e. The average Bonchev–Trinajstić information content (AvgIpc) is 3.20. The number of anilines is 1. The van der Waals surface area contributed by atoms with Crippen LogP contribution in [-0.2, 0) is 25.9 Å². The number of carbonyl (C=O) groups is 1. The van der Waals surface area contributed by atoms with Gasteiger partial charge in [0.05, 0.1) is 0 Å². The molecule has 2 heterocycles. The Morgan fingerprint density at radius 3 is 2.63 bits per heavy atom. The Balaban J connectivity index is 1.32. The molecule has 2 aromatic carbocycles. The summed E-state index contributed by atoms with van der Waals surface area (Å²) in [5, 5.41) is 12.6. The maximum Gasteiger partial charge on any atom is 0.257 e. The molecular weight excluding hydrogens is 394 g/mol. The van der Waals surface area contributed by atoms with Crippen LogP contribution >= 0.6 is 11.3 Å². The normalized spacial score (nSPS) is 14.0. The first kappa shape index (κ1) is 20.7. The zero-order valence-corrected chi connectivity index (χ0v) is 18.3. The lowest BCUT2D eigenvalue weighted by Gasteiger charge is -2.28. The van der Waals surface area contributed by atoms with Crippen molar-refractivity contribution in [3.05, 3.63) is 75.8 Å². The number of hydrogen-bond acceptors (Lipinski definition) is 6. The van der Waals surface area contributed by atoms with Crippen molar-refractivity contribution in [3.8, 4) is 0 Å². The Morgan fingerprint density at radius 2 is 1.87 bits per heavy atom. The van der Waals surface area contributed by atoms with Crippen molar-refractivity contribution in [2.24, 2.45) is 0 Å². The molecule has 30 heavy (non-hydrogen) atoms. The molecule has 1 aromatic heterocycles. The third-order valence-corrected chi connectivity index (χ3v) is 6.19. The van der Waals surface area contributed by atoms with Gasteiger partial charge in [-0.1, -0.05) is 47.7 Å². The lowest BCUT2D eigenvalue weighted by atomic mass is 9.99. The molecule has 1 amide bonds. The van der Waals surface area contributed by atoms with Crippen LogP contribution in [0.4, 0.5) is 5.13 Å². The predicted molar refractivity (Wildman–Crippen MR) is 121 cm³/mol. The van der Waals surface area contributed by atoms with Gasteiger partial charge >= 0.3 is 0 Å². The average molecular weight is 422 g/mol. The van der Waals surface area contributed by atoms with Crippen molar-refractivity contribution in [2.75, 3.05) is 32.5 Å². The fourth-order valence-corrected chi connectivity index (χ4v) is 4.33. The van der Waals surface area contributed by atoms with Gasteiger partial charge in [0.1, 0.15) is 5.01 Å². The number of benzene rings is 2. The molecular formula is C23H27N5OS. The number of nitrogens with one attached hydrogen (secondary N) is 1. The fourth-order valence-electron chi connectivity index (χ4n) is 3.60. The maximum absolute atomic E-state index is 12.5. The van der Waals surface area contributed by atoms with E-state index in [9.17, 15) is 4.79 Å². The largest absolute Gasteiger partial charge is 0.309 e. The Kier molecular flexibility index (Phi) is 6.52. The molecule has 6 nitrogen and oxygen atoms in total. The summed E-state index contributed by atoms with van der Waals surface area (Å²) in [4.78, 5) is 17.1. The van der Waals surface area contributed by atoms with Gasteiger partial charge < -0.3 is 4.90 Å². The minimum absolute atomic E-state index is 0.149. The number of carbonyl (C=O) groups excluding carboxylic acids is 1. The van der Waals surface area contributed by atoms with E-state index < -0.39 is 0 Å². The van der Waals surface area contributed by atoms with E-state index in [1.54, 1.807) is 0 Å². The Bertz CT molecular complexity index is 999. The summed E-state index contributed by atoms with van der Waals surface area (Å²) in [6, 6.07) is 16.5. The van der Waals surface area contributed by atoms with Crippen molar-refractivity contribution >= 4 is 22.4 Å². The molecule has 0 saturated carbocycles. The van der Waals surface area contributed by atoms with E-state index in [2.05, 4.69) is 49.6 Å². The lowest BCUT2D eigenvalue weighted by molar-refractivity contribution is 0.102. The summed E-state index contributed by atoms with van der Waals surface area (Å²) in [5.74, 6) is -0.149. The van der Waals surface area contributed by atoms with Crippen LogP contribution in [0.1, 0.15) is 32.1 Å². The Labute approximate surface area is 181 Å². The van der Waals surface area contributed by atoms with Crippen LogP contribution in [-0.4, -0.2) is 53.1 Å². The first-order valence-corrected chi connectivity index (χ1v) is 11.0. The van der Waals surface area contributed by atoms with E-state index in [1.807, 2.05) is 38.4 Å². The van der Waals surface area contributed by atoms with Gasteiger partial charge in [-0.05, 0) is 49.3 Å². The molecule has 156 valence electrons. The molecule has 4 rings (SSSR count).